The first-order valence-electron chi connectivity index (χ1n) is 4.75. The molecule has 0 bridgehead atoms. The third-order valence-corrected chi connectivity index (χ3v) is 2.51. The topological polar surface area (TPSA) is 48.0 Å². The number of ether oxygens (including phenoxy) is 2. The Morgan fingerprint density at radius 3 is 2.80 bits per heavy atom. The van der Waals surface area contributed by atoms with Gasteiger partial charge >= 0.3 is 6.09 Å². The number of carbonyl (C=O) groups excluding carboxylic acids is 1. The largest absolute Gasteiger partial charge is 0.443 e. The van der Waals surface area contributed by atoms with Crippen LogP contribution in [0.3, 0.4) is 0 Å². The average Bonchev–Trinajstić information content (AvgIpc) is 2.49. The van der Waals surface area contributed by atoms with Crippen LogP contribution >= 0.6 is 12.2 Å². The van der Waals surface area contributed by atoms with Crippen LogP contribution in [0.25, 0.3) is 0 Å². The summed E-state index contributed by atoms with van der Waals surface area (Å²) >= 11 is 1.02. The van der Waals surface area contributed by atoms with Gasteiger partial charge < -0.3 is 9.47 Å². The fourth-order valence-electron chi connectivity index (χ4n) is 1.09. The second-order valence-electron chi connectivity index (χ2n) is 4.27. The molecule has 0 N–H and O–H groups in total. The fraction of sp³-hybridized carbons (Fsp3) is 0.889. The lowest BCUT2D eigenvalue weighted by atomic mass is 10.2. The molecule has 6 heteroatoms. The fourth-order valence-corrected chi connectivity index (χ4v) is 1.76. The van der Waals surface area contributed by atoms with E-state index in [2.05, 4.69) is 0 Å². The normalized spacial score (nSPS) is 21.9. The molecule has 0 saturated carbocycles. The smallest absolute Gasteiger partial charge is 0.422 e. The summed E-state index contributed by atoms with van der Waals surface area (Å²) in [5.41, 5.74) is -0.488. The maximum Gasteiger partial charge on any atom is 0.422 e. The van der Waals surface area contributed by atoms with Crippen LogP contribution in [0.2, 0.25) is 0 Å². The number of rotatable bonds is 2. The zero-order valence-corrected chi connectivity index (χ0v) is 10.3. The molecule has 1 rings (SSSR count). The van der Waals surface area contributed by atoms with Gasteiger partial charge in [-0.05, 0) is 20.8 Å². The van der Waals surface area contributed by atoms with Crippen molar-refractivity contribution in [3.8, 4) is 0 Å². The van der Waals surface area contributed by atoms with Crippen molar-refractivity contribution in [1.82, 2.24) is 4.31 Å². The molecule has 0 spiro atoms. The molecule has 1 amide bonds. The van der Waals surface area contributed by atoms with Crippen LogP contribution in [0.4, 0.5) is 4.79 Å². The SMILES string of the molecule is COC[C@H]1COSN1C(=O)OC(C)(C)C. The second kappa shape index (κ2) is 5.05. The minimum absolute atomic E-state index is 0.0742. The van der Waals surface area contributed by atoms with Gasteiger partial charge in [0.1, 0.15) is 17.8 Å². The Labute approximate surface area is 94.4 Å². The van der Waals surface area contributed by atoms with E-state index < -0.39 is 5.60 Å². The number of amides is 1. The van der Waals surface area contributed by atoms with Gasteiger partial charge in [-0.1, -0.05) is 0 Å². The van der Waals surface area contributed by atoms with E-state index in [-0.39, 0.29) is 12.1 Å². The average molecular weight is 235 g/mol. The van der Waals surface area contributed by atoms with E-state index in [4.69, 9.17) is 13.7 Å². The molecule has 1 aliphatic rings. The van der Waals surface area contributed by atoms with Crippen molar-refractivity contribution in [3.63, 3.8) is 0 Å². The van der Waals surface area contributed by atoms with Crippen LogP contribution in [0.1, 0.15) is 20.8 Å². The first-order chi connectivity index (χ1) is 6.94. The predicted octanol–water partition coefficient (Wildman–Crippen LogP) is 1.83. The lowest BCUT2D eigenvalue weighted by molar-refractivity contribution is 0.0305. The van der Waals surface area contributed by atoms with E-state index in [1.807, 2.05) is 20.8 Å². The summed E-state index contributed by atoms with van der Waals surface area (Å²) in [6.07, 6.45) is -0.382. The molecule has 1 aliphatic heterocycles. The van der Waals surface area contributed by atoms with Gasteiger partial charge in [-0.15, -0.1) is 0 Å². The summed E-state index contributed by atoms with van der Waals surface area (Å²) in [6, 6.07) is -0.0742. The predicted molar refractivity (Wildman–Crippen MR) is 57.3 cm³/mol. The highest BCUT2D eigenvalue weighted by molar-refractivity contribution is 7.93. The highest BCUT2D eigenvalue weighted by Gasteiger charge is 2.34. The lowest BCUT2D eigenvalue weighted by Gasteiger charge is -2.25. The molecule has 0 aromatic rings. The quantitative estimate of drug-likeness (QED) is 0.540. The van der Waals surface area contributed by atoms with Crippen molar-refractivity contribution < 1.29 is 18.5 Å². The molecule has 88 valence electrons. The van der Waals surface area contributed by atoms with Gasteiger partial charge in [-0.2, -0.15) is 0 Å². The van der Waals surface area contributed by atoms with E-state index in [0.29, 0.717) is 13.2 Å². The minimum atomic E-state index is -0.488. The maximum absolute atomic E-state index is 11.7. The number of methoxy groups -OCH3 is 1. The molecule has 1 saturated heterocycles. The Kier molecular flexibility index (Phi) is 4.24. The third-order valence-electron chi connectivity index (χ3n) is 1.66. The van der Waals surface area contributed by atoms with Crippen molar-refractivity contribution in [2.75, 3.05) is 20.3 Å². The summed E-state index contributed by atoms with van der Waals surface area (Å²) in [5, 5.41) is 0. The van der Waals surface area contributed by atoms with Gasteiger partial charge in [-0.25, -0.2) is 9.10 Å². The molecule has 1 fully saturated rings. The van der Waals surface area contributed by atoms with E-state index in [9.17, 15) is 4.79 Å². The Hall–Kier alpha value is -0.460. The molecule has 0 aliphatic carbocycles. The monoisotopic (exact) mass is 235 g/mol. The molecule has 0 aromatic heterocycles. The van der Waals surface area contributed by atoms with Crippen LogP contribution in [0.5, 0.6) is 0 Å². The van der Waals surface area contributed by atoms with Crippen LogP contribution < -0.4 is 0 Å². The zero-order chi connectivity index (χ0) is 11.5. The van der Waals surface area contributed by atoms with Crippen LogP contribution in [-0.2, 0) is 13.7 Å². The first kappa shape index (κ1) is 12.6. The minimum Gasteiger partial charge on any atom is -0.443 e. The molecule has 1 atom stereocenters. The van der Waals surface area contributed by atoms with Crippen molar-refractivity contribution in [3.05, 3.63) is 0 Å². The van der Waals surface area contributed by atoms with Crippen LogP contribution in [0, 0.1) is 0 Å². The van der Waals surface area contributed by atoms with Crippen LogP contribution in [0.15, 0.2) is 0 Å². The summed E-state index contributed by atoms with van der Waals surface area (Å²) in [7, 11) is 1.59. The standard InChI is InChI=1S/C9H17NO4S/c1-9(2,3)14-8(11)10-7(5-12-4)6-13-15-10/h7H,5-6H2,1-4H3/t7-/m0/s1. The molecule has 0 radical (unpaired) electrons. The van der Waals surface area contributed by atoms with Gasteiger partial charge in [0.05, 0.1) is 19.3 Å². The molecule has 1 heterocycles. The van der Waals surface area contributed by atoms with Gasteiger partial charge in [0.25, 0.3) is 0 Å². The number of hydrogen-bond acceptors (Lipinski definition) is 5. The summed E-state index contributed by atoms with van der Waals surface area (Å²) < 4.78 is 16.8. The molecule has 0 unspecified atom stereocenters. The van der Waals surface area contributed by atoms with E-state index in [1.165, 1.54) is 4.31 Å². The molecule has 5 nitrogen and oxygen atoms in total. The van der Waals surface area contributed by atoms with Crippen molar-refractivity contribution in [2.24, 2.45) is 0 Å². The summed E-state index contributed by atoms with van der Waals surface area (Å²) in [6.45, 7) is 6.41. The number of nitrogens with zero attached hydrogens (tertiary/aromatic N) is 1. The van der Waals surface area contributed by atoms with E-state index in [1.54, 1.807) is 7.11 Å². The molecule has 15 heavy (non-hydrogen) atoms. The Morgan fingerprint density at radius 2 is 2.27 bits per heavy atom. The maximum atomic E-state index is 11.7. The lowest BCUT2D eigenvalue weighted by Crippen LogP contribution is -2.39. The molecular weight excluding hydrogens is 218 g/mol. The van der Waals surface area contributed by atoms with Gasteiger partial charge in [0.15, 0.2) is 0 Å². The number of hydrogen-bond donors (Lipinski definition) is 0. The van der Waals surface area contributed by atoms with Gasteiger partial charge in [-0.3, -0.25) is 4.18 Å². The third kappa shape index (κ3) is 3.89. The van der Waals surface area contributed by atoms with Crippen molar-refractivity contribution >= 4 is 18.3 Å². The summed E-state index contributed by atoms with van der Waals surface area (Å²) in [5.74, 6) is 0. The van der Waals surface area contributed by atoms with E-state index in [0.717, 1.165) is 12.2 Å². The van der Waals surface area contributed by atoms with Crippen LogP contribution in [-0.4, -0.2) is 42.4 Å². The highest BCUT2D eigenvalue weighted by Crippen LogP contribution is 2.27. The first-order valence-corrected chi connectivity index (χ1v) is 5.44. The zero-order valence-electron chi connectivity index (χ0n) is 9.48. The van der Waals surface area contributed by atoms with Crippen molar-refractivity contribution in [2.45, 2.75) is 32.4 Å². The summed E-state index contributed by atoms with van der Waals surface area (Å²) in [4.78, 5) is 11.7. The van der Waals surface area contributed by atoms with Crippen molar-refractivity contribution in [1.29, 1.82) is 0 Å². The Morgan fingerprint density at radius 1 is 1.60 bits per heavy atom. The Balaban J connectivity index is 2.51. The second-order valence-corrected chi connectivity index (χ2v) is 5.05. The van der Waals surface area contributed by atoms with Gasteiger partial charge in [0.2, 0.25) is 0 Å². The van der Waals surface area contributed by atoms with Gasteiger partial charge in [0, 0.05) is 7.11 Å². The highest BCUT2D eigenvalue weighted by atomic mass is 32.2. The van der Waals surface area contributed by atoms with E-state index >= 15 is 0 Å². The molecular formula is C9H17NO4S. The number of carbonyl (C=O) groups is 1. The molecule has 0 aromatic carbocycles. The Bertz CT molecular complexity index is 229.